The molecule has 0 heteroatoms. The van der Waals surface area contributed by atoms with Crippen LogP contribution in [0.4, 0.5) is 0 Å². The maximum Gasteiger partial charge on any atom is -0.00849 e. The Kier molecular flexibility index (Phi) is 1.92. The molecule has 84 valence electrons. The SMILES string of the molecule is C=C1C2CCC3C2C(C(C)C)CCC13C. The Morgan fingerprint density at radius 1 is 1.27 bits per heavy atom. The Bertz CT molecular complexity index is 301. The number of allylic oxidation sites excluding steroid dienone is 1. The van der Waals surface area contributed by atoms with Crippen molar-refractivity contribution in [3.05, 3.63) is 12.2 Å². The van der Waals surface area contributed by atoms with Gasteiger partial charge in [0.15, 0.2) is 0 Å². The first-order chi connectivity index (χ1) is 7.05. The van der Waals surface area contributed by atoms with E-state index in [1.807, 2.05) is 0 Å². The highest BCUT2D eigenvalue weighted by atomic mass is 14.7. The van der Waals surface area contributed by atoms with E-state index < -0.39 is 0 Å². The van der Waals surface area contributed by atoms with Gasteiger partial charge in [-0.3, -0.25) is 0 Å². The lowest BCUT2D eigenvalue weighted by molar-refractivity contribution is 0.0780. The molecule has 0 aromatic carbocycles. The molecule has 4 bridgehead atoms. The molecule has 0 amide bonds. The lowest BCUT2D eigenvalue weighted by Crippen LogP contribution is -2.35. The van der Waals surface area contributed by atoms with E-state index in [4.69, 9.17) is 0 Å². The second kappa shape index (κ2) is 2.90. The van der Waals surface area contributed by atoms with Crippen LogP contribution in [0.1, 0.15) is 46.5 Å². The van der Waals surface area contributed by atoms with Gasteiger partial charge >= 0.3 is 0 Å². The summed E-state index contributed by atoms with van der Waals surface area (Å²) in [6.07, 6.45) is 5.83. The fourth-order valence-corrected chi connectivity index (χ4v) is 5.22. The molecule has 15 heavy (non-hydrogen) atoms. The van der Waals surface area contributed by atoms with Crippen LogP contribution in [0.5, 0.6) is 0 Å². The van der Waals surface area contributed by atoms with Gasteiger partial charge in [0.1, 0.15) is 0 Å². The zero-order valence-corrected chi connectivity index (χ0v) is 10.4. The molecular formula is C15H24. The molecule has 5 unspecified atom stereocenters. The number of rotatable bonds is 1. The second-order valence-corrected chi connectivity index (χ2v) is 6.76. The second-order valence-electron chi connectivity index (χ2n) is 6.76. The van der Waals surface area contributed by atoms with E-state index in [0.717, 1.165) is 29.6 Å². The minimum atomic E-state index is 0.541. The van der Waals surface area contributed by atoms with Crippen LogP contribution in [-0.2, 0) is 0 Å². The van der Waals surface area contributed by atoms with Crippen molar-refractivity contribution >= 4 is 0 Å². The van der Waals surface area contributed by atoms with Gasteiger partial charge in [-0.15, -0.1) is 0 Å². The first kappa shape index (κ1) is 9.93. The van der Waals surface area contributed by atoms with E-state index in [1.54, 1.807) is 5.57 Å². The Morgan fingerprint density at radius 3 is 2.67 bits per heavy atom. The minimum Gasteiger partial charge on any atom is -0.0990 e. The fraction of sp³-hybridized carbons (Fsp3) is 0.867. The molecule has 3 aliphatic carbocycles. The highest BCUT2D eigenvalue weighted by molar-refractivity contribution is 5.29. The molecule has 3 rings (SSSR count). The van der Waals surface area contributed by atoms with Crippen LogP contribution in [0.3, 0.4) is 0 Å². The predicted molar refractivity (Wildman–Crippen MR) is 64.5 cm³/mol. The van der Waals surface area contributed by atoms with E-state index in [9.17, 15) is 0 Å². The topological polar surface area (TPSA) is 0 Å². The summed E-state index contributed by atoms with van der Waals surface area (Å²) in [7, 11) is 0. The number of hydrogen-bond acceptors (Lipinski definition) is 0. The predicted octanol–water partition coefficient (Wildman–Crippen LogP) is 4.27. The molecular weight excluding hydrogens is 180 g/mol. The zero-order chi connectivity index (χ0) is 10.8. The van der Waals surface area contributed by atoms with Crippen molar-refractivity contribution in [2.24, 2.45) is 35.0 Å². The first-order valence-corrected chi connectivity index (χ1v) is 6.75. The molecule has 3 aliphatic rings. The average Bonchev–Trinajstić information content (AvgIpc) is 2.65. The zero-order valence-electron chi connectivity index (χ0n) is 10.4. The van der Waals surface area contributed by atoms with E-state index in [2.05, 4.69) is 27.4 Å². The van der Waals surface area contributed by atoms with E-state index in [0.29, 0.717) is 5.41 Å². The normalized spacial score (nSPS) is 52.9. The summed E-state index contributed by atoms with van der Waals surface area (Å²) in [5.41, 5.74) is 2.17. The van der Waals surface area contributed by atoms with Gasteiger partial charge in [-0.1, -0.05) is 32.9 Å². The van der Waals surface area contributed by atoms with Gasteiger partial charge in [0, 0.05) is 0 Å². The lowest BCUT2D eigenvalue weighted by atomic mass is 9.62. The summed E-state index contributed by atoms with van der Waals surface area (Å²) in [6.45, 7) is 11.8. The molecule has 0 saturated heterocycles. The largest absolute Gasteiger partial charge is 0.0990 e. The molecule has 0 spiro atoms. The van der Waals surface area contributed by atoms with Gasteiger partial charge in [0.25, 0.3) is 0 Å². The maximum absolute atomic E-state index is 4.45. The fourth-order valence-electron chi connectivity index (χ4n) is 5.22. The molecule has 0 aromatic rings. The van der Waals surface area contributed by atoms with Crippen molar-refractivity contribution in [2.75, 3.05) is 0 Å². The van der Waals surface area contributed by atoms with Crippen LogP contribution in [0.2, 0.25) is 0 Å². The Balaban J connectivity index is 2.00. The van der Waals surface area contributed by atoms with Crippen molar-refractivity contribution in [3.63, 3.8) is 0 Å². The summed E-state index contributed by atoms with van der Waals surface area (Å²) in [5.74, 6) is 4.78. The first-order valence-electron chi connectivity index (χ1n) is 6.75. The van der Waals surface area contributed by atoms with Gasteiger partial charge in [-0.2, -0.15) is 0 Å². The summed E-state index contributed by atoms with van der Waals surface area (Å²) in [6, 6.07) is 0. The Morgan fingerprint density at radius 2 is 2.00 bits per heavy atom. The average molecular weight is 204 g/mol. The van der Waals surface area contributed by atoms with E-state index in [-0.39, 0.29) is 0 Å². The molecule has 0 nitrogen and oxygen atoms in total. The van der Waals surface area contributed by atoms with Crippen LogP contribution in [0.25, 0.3) is 0 Å². The Hall–Kier alpha value is -0.260. The van der Waals surface area contributed by atoms with Crippen molar-refractivity contribution in [1.29, 1.82) is 0 Å². The molecule has 3 fully saturated rings. The lowest BCUT2D eigenvalue weighted by Gasteiger charge is -2.43. The highest BCUT2D eigenvalue weighted by Crippen LogP contribution is 2.69. The highest BCUT2D eigenvalue weighted by Gasteiger charge is 2.61. The van der Waals surface area contributed by atoms with Crippen molar-refractivity contribution in [1.82, 2.24) is 0 Å². The smallest absolute Gasteiger partial charge is 0.00849 e. The van der Waals surface area contributed by atoms with Gasteiger partial charge in [-0.25, -0.2) is 0 Å². The van der Waals surface area contributed by atoms with Gasteiger partial charge in [-0.05, 0) is 60.7 Å². The van der Waals surface area contributed by atoms with Crippen LogP contribution in [0.15, 0.2) is 12.2 Å². The summed E-state index contributed by atoms with van der Waals surface area (Å²) in [4.78, 5) is 0. The maximum atomic E-state index is 4.45. The third kappa shape index (κ3) is 1.04. The minimum absolute atomic E-state index is 0.541. The molecule has 0 aromatic heterocycles. The molecule has 3 saturated carbocycles. The van der Waals surface area contributed by atoms with E-state index in [1.165, 1.54) is 25.7 Å². The van der Waals surface area contributed by atoms with Gasteiger partial charge in [0.2, 0.25) is 0 Å². The molecule has 0 radical (unpaired) electrons. The Labute approximate surface area is 94.1 Å². The molecule has 0 heterocycles. The number of hydrogen-bond donors (Lipinski definition) is 0. The summed E-state index contributed by atoms with van der Waals surface area (Å²) < 4.78 is 0. The molecule has 5 atom stereocenters. The van der Waals surface area contributed by atoms with Crippen molar-refractivity contribution in [3.8, 4) is 0 Å². The van der Waals surface area contributed by atoms with Crippen molar-refractivity contribution < 1.29 is 0 Å². The quantitative estimate of drug-likeness (QED) is 0.559. The van der Waals surface area contributed by atoms with Crippen LogP contribution >= 0.6 is 0 Å². The third-order valence-electron chi connectivity index (χ3n) is 6.07. The van der Waals surface area contributed by atoms with Gasteiger partial charge < -0.3 is 0 Å². The van der Waals surface area contributed by atoms with Crippen molar-refractivity contribution in [2.45, 2.75) is 46.5 Å². The van der Waals surface area contributed by atoms with Crippen LogP contribution in [0, 0.1) is 35.0 Å². The third-order valence-corrected chi connectivity index (χ3v) is 6.07. The molecule has 0 aliphatic heterocycles. The molecule has 0 N–H and O–H groups in total. The standard InChI is InChI=1S/C15H24/c1-9(2)11-7-8-15(4)10(3)12-5-6-13(15)14(11)12/h9,11-14H,3,5-8H2,1-2,4H3. The van der Waals surface area contributed by atoms with Gasteiger partial charge in [0.05, 0.1) is 0 Å². The van der Waals surface area contributed by atoms with Crippen LogP contribution < -0.4 is 0 Å². The van der Waals surface area contributed by atoms with E-state index >= 15 is 0 Å². The summed E-state index contributed by atoms with van der Waals surface area (Å²) in [5, 5.41) is 0. The van der Waals surface area contributed by atoms with Crippen LogP contribution in [-0.4, -0.2) is 0 Å². The monoisotopic (exact) mass is 204 g/mol. The summed E-state index contributed by atoms with van der Waals surface area (Å²) >= 11 is 0.